The molecule has 2 aromatic rings. The standard InChI is InChI=1S/C16H16N4O3S/c1-4-14-18-19-16(24-14)20-9(2)17-11(15(20)22)7-10-5-6-12(21)13(8-10)23-3/h5-8,21H,4H2,1-3H3/b11-7-. The van der Waals surface area contributed by atoms with Crippen LogP contribution in [-0.2, 0) is 11.2 Å². The fourth-order valence-electron chi connectivity index (χ4n) is 2.27. The second-order valence-electron chi connectivity index (χ2n) is 5.09. The molecule has 1 aromatic carbocycles. The van der Waals surface area contributed by atoms with Crippen LogP contribution in [0.15, 0.2) is 28.9 Å². The van der Waals surface area contributed by atoms with Crippen molar-refractivity contribution in [3.63, 3.8) is 0 Å². The Morgan fingerprint density at radius 3 is 2.83 bits per heavy atom. The fraction of sp³-hybridized carbons (Fsp3) is 0.250. The molecule has 0 spiro atoms. The first kappa shape index (κ1) is 16.1. The molecular weight excluding hydrogens is 328 g/mol. The number of amides is 1. The van der Waals surface area contributed by atoms with Gasteiger partial charge < -0.3 is 9.84 Å². The smallest absolute Gasteiger partial charge is 0.284 e. The SMILES string of the molecule is CCc1nnc(N2C(=O)/C(=C/c3ccc(O)c(OC)c3)N=C2C)s1. The highest BCUT2D eigenvalue weighted by atomic mass is 32.1. The summed E-state index contributed by atoms with van der Waals surface area (Å²) in [6.45, 7) is 3.74. The second kappa shape index (κ2) is 6.40. The summed E-state index contributed by atoms with van der Waals surface area (Å²) in [7, 11) is 1.47. The Kier molecular flexibility index (Phi) is 4.30. The first-order valence-electron chi connectivity index (χ1n) is 7.34. The zero-order chi connectivity index (χ0) is 17.3. The van der Waals surface area contributed by atoms with Crippen molar-refractivity contribution in [2.45, 2.75) is 20.3 Å². The fourth-order valence-corrected chi connectivity index (χ4v) is 3.10. The Balaban J connectivity index is 1.92. The molecule has 1 amide bonds. The van der Waals surface area contributed by atoms with E-state index in [1.54, 1.807) is 25.1 Å². The van der Waals surface area contributed by atoms with Crippen molar-refractivity contribution in [3.05, 3.63) is 34.5 Å². The molecule has 1 aliphatic rings. The number of ether oxygens (including phenoxy) is 1. The molecular formula is C16H16N4O3S. The van der Waals surface area contributed by atoms with E-state index in [-0.39, 0.29) is 11.7 Å². The first-order valence-corrected chi connectivity index (χ1v) is 8.16. The molecule has 1 aromatic heterocycles. The average molecular weight is 344 g/mol. The minimum absolute atomic E-state index is 0.0414. The lowest BCUT2D eigenvalue weighted by atomic mass is 10.1. The van der Waals surface area contributed by atoms with Crippen molar-refractivity contribution >= 4 is 34.3 Å². The number of rotatable bonds is 4. The summed E-state index contributed by atoms with van der Waals surface area (Å²) < 4.78 is 5.08. The van der Waals surface area contributed by atoms with E-state index in [1.165, 1.54) is 29.4 Å². The number of aromatic hydroxyl groups is 1. The van der Waals surface area contributed by atoms with E-state index in [2.05, 4.69) is 15.2 Å². The molecule has 2 heterocycles. The quantitative estimate of drug-likeness (QED) is 0.862. The number of hydrogen-bond acceptors (Lipinski definition) is 7. The molecule has 0 fully saturated rings. The summed E-state index contributed by atoms with van der Waals surface area (Å²) in [6, 6.07) is 4.84. The van der Waals surface area contributed by atoms with Crippen LogP contribution < -0.4 is 9.64 Å². The van der Waals surface area contributed by atoms with E-state index < -0.39 is 0 Å². The number of carbonyl (C=O) groups excluding carboxylic acids is 1. The van der Waals surface area contributed by atoms with Gasteiger partial charge in [-0.25, -0.2) is 9.89 Å². The Morgan fingerprint density at radius 1 is 1.38 bits per heavy atom. The van der Waals surface area contributed by atoms with Crippen LogP contribution in [0.4, 0.5) is 5.13 Å². The Bertz CT molecular complexity index is 857. The number of amidine groups is 1. The van der Waals surface area contributed by atoms with Crippen molar-refractivity contribution in [2.24, 2.45) is 4.99 Å². The molecule has 0 unspecified atom stereocenters. The predicted molar refractivity (Wildman–Crippen MR) is 92.5 cm³/mol. The van der Waals surface area contributed by atoms with Gasteiger partial charge in [0, 0.05) is 0 Å². The predicted octanol–water partition coefficient (Wildman–Crippen LogP) is 2.62. The van der Waals surface area contributed by atoms with Crippen molar-refractivity contribution in [1.29, 1.82) is 0 Å². The molecule has 0 saturated heterocycles. The maximum absolute atomic E-state index is 12.6. The topological polar surface area (TPSA) is 87.9 Å². The number of benzene rings is 1. The van der Waals surface area contributed by atoms with Crippen molar-refractivity contribution in [3.8, 4) is 11.5 Å². The molecule has 0 aliphatic carbocycles. The zero-order valence-electron chi connectivity index (χ0n) is 13.5. The summed E-state index contributed by atoms with van der Waals surface area (Å²) in [5.74, 6) is 0.679. The third-order valence-electron chi connectivity index (χ3n) is 3.49. The van der Waals surface area contributed by atoms with Gasteiger partial charge in [0.1, 0.15) is 16.5 Å². The van der Waals surface area contributed by atoms with Gasteiger partial charge in [0.05, 0.1) is 7.11 Å². The van der Waals surface area contributed by atoms with Crippen LogP contribution in [0, 0.1) is 0 Å². The monoisotopic (exact) mass is 344 g/mol. The van der Waals surface area contributed by atoms with E-state index in [0.717, 1.165) is 11.4 Å². The molecule has 24 heavy (non-hydrogen) atoms. The number of aryl methyl sites for hydroxylation is 1. The minimum Gasteiger partial charge on any atom is -0.504 e. The van der Waals surface area contributed by atoms with Crippen LogP contribution in [0.2, 0.25) is 0 Å². The molecule has 1 aliphatic heterocycles. The summed E-state index contributed by atoms with van der Waals surface area (Å²) in [4.78, 5) is 18.4. The van der Waals surface area contributed by atoms with Crippen LogP contribution in [0.5, 0.6) is 11.5 Å². The number of aliphatic imine (C=N–C) groups is 1. The summed E-state index contributed by atoms with van der Waals surface area (Å²) in [5, 5.41) is 19.1. The van der Waals surface area contributed by atoms with Crippen molar-refractivity contribution in [2.75, 3.05) is 12.0 Å². The lowest BCUT2D eigenvalue weighted by Crippen LogP contribution is -2.30. The van der Waals surface area contributed by atoms with Gasteiger partial charge in [-0.1, -0.05) is 24.3 Å². The van der Waals surface area contributed by atoms with Gasteiger partial charge in [0.2, 0.25) is 5.13 Å². The number of aromatic nitrogens is 2. The zero-order valence-corrected chi connectivity index (χ0v) is 14.3. The Labute approximate surface area is 142 Å². The lowest BCUT2D eigenvalue weighted by Gasteiger charge is -2.10. The summed E-state index contributed by atoms with van der Waals surface area (Å²) >= 11 is 1.38. The third kappa shape index (κ3) is 2.88. The second-order valence-corrected chi connectivity index (χ2v) is 6.13. The van der Waals surface area contributed by atoms with Crippen molar-refractivity contribution in [1.82, 2.24) is 10.2 Å². The molecule has 124 valence electrons. The number of nitrogens with zero attached hydrogens (tertiary/aromatic N) is 4. The summed E-state index contributed by atoms with van der Waals surface area (Å²) in [6.07, 6.45) is 2.42. The van der Waals surface area contributed by atoms with E-state index in [0.29, 0.717) is 28.0 Å². The average Bonchev–Trinajstić information content (AvgIpc) is 3.14. The maximum Gasteiger partial charge on any atom is 0.284 e. The largest absolute Gasteiger partial charge is 0.504 e. The van der Waals surface area contributed by atoms with Crippen LogP contribution in [0.3, 0.4) is 0 Å². The van der Waals surface area contributed by atoms with Gasteiger partial charge in [0.15, 0.2) is 11.5 Å². The normalized spacial score (nSPS) is 16.0. The van der Waals surface area contributed by atoms with E-state index in [4.69, 9.17) is 4.74 Å². The van der Waals surface area contributed by atoms with Gasteiger partial charge in [-0.3, -0.25) is 4.79 Å². The van der Waals surface area contributed by atoms with Gasteiger partial charge in [0.25, 0.3) is 5.91 Å². The van der Waals surface area contributed by atoms with Crippen LogP contribution >= 0.6 is 11.3 Å². The molecule has 0 radical (unpaired) electrons. The van der Waals surface area contributed by atoms with E-state index in [1.807, 2.05) is 6.92 Å². The van der Waals surface area contributed by atoms with Gasteiger partial charge >= 0.3 is 0 Å². The van der Waals surface area contributed by atoms with Gasteiger partial charge in [-0.05, 0) is 37.1 Å². The molecule has 0 bridgehead atoms. The van der Waals surface area contributed by atoms with Gasteiger partial charge in [-0.2, -0.15) is 0 Å². The van der Waals surface area contributed by atoms with Crippen LogP contribution in [0.1, 0.15) is 24.4 Å². The number of methoxy groups -OCH3 is 1. The number of hydrogen-bond donors (Lipinski definition) is 1. The highest BCUT2D eigenvalue weighted by Gasteiger charge is 2.31. The Morgan fingerprint density at radius 2 is 2.17 bits per heavy atom. The van der Waals surface area contributed by atoms with Gasteiger partial charge in [-0.15, -0.1) is 10.2 Å². The van der Waals surface area contributed by atoms with E-state index >= 15 is 0 Å². The minimum atomic E-state index is -0.252. The first-order chi connectivity index (χ1) is 11.5. The molecule has 0 atom stereocenters. The number of phenolic OH excluding ortho intramolecular Hbond substituents is 1. The Hall–Kier alpha value is -2.74. The molecule has 8 heteroatoms. The number of phenols is 1. The summed E-state index contributed by atoms with van der Waals surface area (Å²) in [5.41, 5.74) is 1.01. The number of anilines is 1. The van der Waals surface area contributed by atoms with Crippen LogP contribution in [0.25, 0.3) is 6.08 Å². The van der Waals surface area contributed by atoms with E-state index in [9.17, 15) is 9.90 Å². The number of carbonyl (C=O) groups is 1. The highest BCUT2D eigenvalue weighted by Crippen LogP contribution is 2.30. The molecule has 1 N–H and O–H groups in total. The highest BCUT2D eigenvalue weighted by molar-refractivity contribution is 7.15. The van der Waals surface area contributed by atoms with Crippen LogP contribution in [-0.4, -0.2) is 34.2 Å². The molecule has 7 nitrogen and oxygen atoms in total. The maximum atomic E-state index is 12.6. The van der Waals surface area contributed by atoms with Crippen molar-refractivity contribution < 1.29 is 14.6 Å². The lowest BCUT2D eigenvalue weighted by molar-refractivity contribution is -0.113. The third-order valence-corrected chi connectivity index (χ3v) is 4.54. The molecule has 3 rings (SSSR count). The molecule has 0 saturated carbocycles.